The van der Waals surface area contributed by atoms with Crippen LogP contribution in [0.5, 0.6) is 0 Å². The summed E-state index contributed by atoms with van der Waals surface area (Å²) in [6.07, 6.45) is 0.973. The first-order chi connectivity index (χ1) is 10.5. The van der Waals surface area contributed by atoms with E-state index in [1.807, 2.05) is 19.1 Å². The third kappa shape index (κ3) is 3.73. The number of rotatable bonds is 7. The summed E-state index contributed by atoms with van der Waals surface area (Å²) >= 11 is 0. The van der Waals surface area contributed by atoms with Crippen molar-refractivity contribution >= 4 is 11.7 Å². The Morgan fingerprint density at radius 1 is 1.18 bits per heavy atom. The van der Waals surface area contributed by atoms with Gasteiger partial charge in [0.2, 0.25) is 0 Å². The number of hydrogen-bond acceptors (Lipinski definition) is 4. The predicted octanol–water partition coefficient (Wildman–Crippen LogP) is 2.36. The van der Waals surface area contributed by atoms with Crippen molar-refractivity contribution in [2.24, 2.45) is 0 Å². The van der Waals surface area contributed by atoms with E-state index in [1.54, 1.807) is 6.92 Å². The number of nitrogens with one attached hydrogen (secondary N) is 1. The molecule has 1 rings (SSSR count). The molecular weight excluding hydrogens is 280 g/mol. The molecule has 0 aliphatic heterocycles. The first kappa shape index (κ1) is 17.5. The third-order valence-corrected chi connectivity index (χ3v) is 3.48. The minimum absolute atomic E-state index is 0.0785. The molecule has 0 saturated heterocycles. The van der Waals surface area contributed by atoms with Crippen molar-refractivity contribution in [3.8, 4) is 12.1 Å². The van der Waals surface area contributed by atoms with Gasteiger partial charge in [-0.15, -0.1) is 0 Å². The van der Waals surface area contributed by atoms with Gasteiger partial charge in [0.1, 0.15) is 5.69 Å². The van der Waals surface area contributed by atoms with Gasteiger partial charge in [0, 0.05) is 24.3 Å². The number of hydrogen-bond donors (Lipinski definition) is 1. The molecule has 0 unspecified atom stereocenters. The van der Waals surface area contributed by atoms with Gasteiger partial charge in [-0.25, -0.2) is 0 Å². The minimum Gasteiger partial charge on any atom is -0.354 e. The average Bonchev–Trinajstić information content (AvgIpc) is 2.83. The van der Waals surface area contributed by atoms with E-state index in [0.29, 0.717) is 28.9 Å². The molecule has 0 bridgehead atoms. The van der Waals surface area contributed by atoms with Crippen molar-refractivity contribution in [1.29, 1.82) is 10.5 Å². The molecule has 0 fully saturated rings. The summed E-state index contributed by atoms with van der Waals surface area (Å²) in [4.78, 5) is 28.9. The Bertz CT molecular complexity index is 628. The van der Waals surface area contributed by atoms with Crippen LogP contribution in [0, 0.1) is 29.6 Å². The highest BCUT2D eigenvalue weighted by molar-refractivity contribution is 6.02. The van der Waals surface area contributed by atoms with Gasteiger partial charge in [0.25, 0.3) is 5.91 Å². The quantitative estimate of drug-likeness (QED) is 0.781. The predicted molar refractivity (Wildman–Crippen MR) is 81.3 cm³/mol. The van der Waals surface area contributed by atoms with Gasteiger partial charge >= 0.3 is 0 Å². The summed E-state index contributed by atoms with van der Waals surface area (Å²) in [6, 6.07) is 4.01. The average molecular weight is 300 g/mol. The summed E-state index contributed by atoms with van der Waals surface area (Å²) in [6.45, 7) is 5.68. The maximum Gasteiger partial charge on any atom is 0.270 e. The summed E-state index contributed by atoms with van der Waals surface area (Å²) in [5, 5.41) is 17.4. The zero-order valence-electron chi connectivity index (χ0n) is 13.2. The number of aromatic amines is 1. The molecule has 0 aliphatic rings. The van der Waals surface area contributed by atoms with Gasteiger partial charge in [-0.3, -0.25) is 9.59 Å². The zero-order chi connectivity index (χ0) is 16.7. The second-order valence-corrected chi connectivity index (χ2v) is 5.00. The fourth-order valence-electron chi connectivity index (χ4n) is 2.53. The largest absolute Gasteiger partial charge is 0.354 e. The molecule has 6 nitrogen and oxygen atoms in total. The lowest BCUT2D eigenvalue weighted by atomic mass is 10.0. The molecule has 1 aromatic rings. The first-order valence-electron chi connectivity index (χ1n) is 7.23. The highest BCUT2D eigenvalue weighted by Gasteiger charge is 2.24. The van der Waals surface area contributed by atoms with E-state index in [1.165, 1.54) is 11.8 Å². The zero-order valence-corrected chi connectivity index (χ0v) is 13.2. The lowest BCUT2D eigenvalue weighted by Crippen LogP contribution is -2.33. The first-order valence-corrected chi connectivity index (χ1v) is 7.23. The van der Waals surface area contributed by atoms with Crippen molar-refractivity contribution in [3.63, 3.8) is 0 Å². The number of nitrogens with zero attached hydrogens (tertiary/aromatic N) is 3. The molecule has 6 heteroatoms. The summed E-state index contributed by atoms with van der Waals surface area (Å²) < 4.78 is 0. The number of H-pyrrole nitrogens is 1. The van der Waals surface area contributed by atoms with E-state index in [9.17, 15) is 9.59 Å². The van der Waals surface area contributed by atoms with Gasteiger partial charge in [-0.1, -0.05) is 6.92 Å². The van der Waals surface area contributed by atoms with Crippen LogP contribution in [0.25, 0.3) is 0 Å². The second kappa shape index (κ2) is 7.99. The lowest BCUT2D eigenvalue weighted by Gasteiger charge is -2.20. The SMILES string of the molecule is CCc1c(C(=O)N(CCC#N)CCC#N)[nH]c(C)c1C(C)=O. The smallest absolute Gasteiger partial charge is 0.270 e. The number of carbonyl (C=O) groups excluding carboxylic acids is 2. The van der Waals surface area contributed by atoms with Gasteiger partial charge in [-0.05, 0) is 25.8 Å². The van der Waals surface area contributed by atoms with E-state index >= 15 is 0 Å². The lowest BCUT2D eigenvalue weighted by molar-refractivity contribution is 0.0756. The van der Waals surface area contributed by atoms with Gasteiger partial charge < -0.3 is 9.88 Å². The number of amides is 1. The van der Waals surface area contributed by atoms with Crippen molar-refractivity contribution in [3.05, 3.63) is 22.5 Å². The van der Waals surface area contributed by atoms with Gasteiger partial charge in [0.05, 0.1) is 25.0 Å². The fraction of sp³-hybridized carbons (Fsp3) is 0.500. The molecule has 22 heavy (non-hydrogen) atoms. The molecule has 1 aromatic heterocycles. The highest BCUT2D eigenvalue weighted by Crippen LogP contribution is 2.22. The monoisotopic (exact) mass is 300 g/mol. The van der Waals surface area contributed by atoms with Crippen molar-refractivity contribution < 1.29 is 9.59 Å². The molecular formula is C16H20N4O2. The van der Waals surface area contributed by atoms with E-state index < -0.39 is 0 Å². The Kier molecular flexibility index (Phi) is 6.34. The number of ketones is 1. The van der Waals surface area contributed by atoms with Crippen molar-refractivity contribution in [2.45, 2.75) is 40.0 Å². The van der Waals surface area contributed by atoms with Crippen molar-refractivity contribution in [2.75, 3.05) is 13.1 Å². The second-order valence-electron chi connectivity index (χ2n) is 5.00. The van der Waals surface area contributed by atoms with Gasteiger partial charge in [0.15, 0.2) is 5.78 Å². The van der Waals surface area contributed by atoms with E-state index in [2.05, 4.69) is 4.98 Å². The number of aromatic nitrogens is 1. The molecule has 0 spiro atoms. The normalized spacial score (nSPS) is 9.86. The number of aryl methyl sites for hydroxylation is 1. The molecule has 0 radical (unpaired) electrons. The number of carbonyl (C=O) groups is 2. The van der Waals surface area contributed by atoms with Crippen LogP contribution >= 0.6 is 0 Å². The van der Waals surface area contributed by atoms with E-state index in [0.717, 1.165) is 0 Å². The Hall–Kier alpha value is -2.60. The van der Waals surface area contributed by atoms with Crippen LogP contribution in [0.15, 0.2) is 0 Å². The van der Waals surface area contributed by atoms with Crippen LogP contribution in [-0.4, -0.2) is 34.7 Å². The maximum absolute atomic E-state index is 12.7. The van der Waals surface area contributed by atoms with Crippen LogP contribution < -0.4 is 0 Å². The molecule has 0 aromatic carbocycles. The van der Waals surface area contributed by atoms with Crippen LogP contribution in [-0.2, 0) is 6.42 Å². The molecule has 1 amide bonds. The summed E-state index contributed by atoms with van der Waals surface area (Å²) in [5.41, 5.74) is 2.33. The number of Topliss-reactive ketones (excluding diaryl/α,β-unsaturated/α-hetero) is 1. The maximum atomic E-state index is 12.7. The van der Waals surface area contributed by atoms with Crippen LogP contribution in [0.3, 0.4) is 0 Å². The fourth-order valence-corrected chi connectivity index (χ4v) is 2.53. The van der Waals surface area contributed by atoms with Crippen LogP contribution in [0.4, 0.5) is 0 Å². The standard InChI is InChI=1S/C16H20N4O2/c1-4-13-14(12(3)21)11(2)19-15(13)16(22)20(9-5-7-17)10-6-8-18/h19H,4-6,9-10H2,1-3H3. The Labute approximate surface area is 130 Å². The Balaban J connectivity index is 3.18. The number of nitriles is 2. The Morgan fingerprint density at radius 2 is 1.73 bits per heavy atom. The molecule has 1 N–H and O–H groups in total. The molecule has 116 valence electrons. The minimum atomic E-state index is -0.266. The van der Waals surface area contributed by atoms with Crippen molar-refractivity contribution in [1.82, 2.24) is 9.88 Å². The molecule has 0 atom stereocenters. The molecule has 0 aliphatic carbocycles. The van der Waals surface area contributed by atoms with E-state index in [-0.39, 0.29) is 37.6 Å². The Morgan fingerprint density at radius 3 is 2.14 bits per heavy atom. The summed E-state index contributed by atoms with van der Waals surface area (Å²) in [7, 11) is 0. The van der Waals surface area contributed by atoms with Crippen LogP contribution in [0.2, 0.25) is 0 Å². The van der Waals surface area contributed by atoms with E-state index in [4.69, 9.17) is 10.5 Å². The van der Waals surface area contributed by atoms with Crippen LogP contribution in [0.1, 0.15) is 58.8 Å². The van der Waals surface area contributed by atoms with Gasteiger partial charge in [-0.2, -0.15) is 10.5 Å². The highest BCUT2D eigenvalue weighted by atomic mass is 16.2. The summed E-state index contributed by atoms with van der Waals surface area (Å²) in [5.74, 6) is -0.344. The topological polar surface area (TPSA) is 101 Å². The molecule has 1 heterocycles. The molecule has 0 saturated carbocycles. The third-order valence-electron chi connectivity index (χ3n) is 3.48.